The number of ether oxygens (including phenoxy) is 3. The van der Waals surface area contributed by atoms with Gasteiger partial charge in [-0.3, -0.25) is 43.2 Å². The first-order chi connectivity index (χ1) is 45.2. The van der Waals surface area contributed by atoms with Crippen molar-refractivity contribution in [3.8, 4) is 11.5 Å². The van der Waals surface area contributed by atoms with E-state index in [1.165, 1.54) is 55.9 Å². The zero-order valence-electron chi connectivity index (χ0n) is 53.3. The highest BCUT2D eigenvalue weighted by molar-refractivity contribution is 7.98. The van der Waals surface area contributed by atoms with Crippen LogP contribution < -0.4 is 46.7 Å². The van der Waals surface area contributed by atoms with Gasteiger partial charge < -0.3 is 71.3 Å². The lowest BCUT2D eigenvalue weighted by atomic mass is 9.95. The van der Waals surface area contributed by atoms with Crippen LogP contribution in [-0.2, 0) is 78.7 Å². The van der Waals surface area contributed by atoms with Crippen molar-refractivity contribution in [3.63, 3.8) is 0 Å². The minimum absolute atomic E-state index is 0.0622. The van der Waals surface area contributed by atoms with Crippen LogP contribution in [-0.4, -0.2) is 185 Å². The van der Waals surface area contributed by atoms with Gasteiger partial charge in [0.05, 0.1) is 25.9 Å². The third kappa shape index (κ3) is 18.1. The van der Waals surface area contributed by atoms with Crippen molar-refractivity contribution in [2.24, 2.45) is 0 Å². The summed E-state index contributed by atoms with van der Waals surface area (Å²) in [7, 11) is 1.51. The van der Waals surface area contributed by atoms with E-state index in [2.05, 4.69) is 48.3 Å². The number of halogens is 1. The average molecular weight is 1330 g/mol. The van der Waals surface area contributed by atoms with E-state index in [9.17, 15) is 29.1 Å². The van der Waals surface area contributed by atoms with Crippen molar-refractivity contribution in [2.75, 3.05) is 51.5 Å². The van der Waals surface area contributed by atoms with Crippen LogP contribution in [0, 0.1) is 5.82 Å². The van der Waals surface area contributed by atoms with Crippen LogP contribution >= 0.6 is 23.5 Å². The first-order valence-electron chi connectivity index (χ1n) is 31.7. The summed E-state index contributed by atoms with van der Waals surface area (Å²) in [6.07, 6.45) is 2.76. The number of amides is 9. The zero-order chi connectivity index (χ0) is 67.1. The third-order valence-electron chi connectivity index (χ3n) is 17.3. The normalized spacial score (nSPS) is 26.5. The number of hydrogen-bond donors (Lipinski definition) is 9. The van der Waals surface area contributed by atoms with E-state index in [0.29, 0.717) is 81.5 Å². The molecule has 2 saturated heterocycles. The number of aliphatic hydroxyl groups is 1. The number of hydrogen-bond acceptors (Lipinski definition) is 15. The molecule has 2 fully saturated rings. The number of thioether (sulfide) groups is 2. The fourth-order valence-electron chi connectivity index (χ4n) is 12.1. The molecule has 10 atom stereocenters. The first kappa shape index (κ1) is 69.9. The second kappa shape index (κ2) is 32.6. The highest BCUT2D eigenvalue weighted by Gasteiger charge is 2.49. The summed E-state index contributed by atoms with van der Waals surface area (Å²) in [6, 6.07) is 15.9. The van der Waals surface area contributed by atoms with Gasteiger partial charge >= 0.3 is 0 Å². The van der Waals surface area contributed by atoms with Crippen LogP contribution in [0.4, 0.5) is 4.39 Å². The Morgan fingerprint density at radius 3 is 2.17 bits per heavy atom. The van der Waals surface area contributed by atoms with E-state index in [1.54, 1.807) is 97.3 Å². The Morgan fingerprint density at radius 2 is 1.41 bits per heavy atom. The lowest BCUT2D eigenvalue weighted by molar-refractivity contribution is -0.147. The van der Waals surface area contributed by atoms with Crippen LogP contribution in [0.15, 0.2) is 109 Å². The SMILES string of the molecule is COc1ccc(C[C@@H]2NC(=O)[C@H]([C@@H](C)O)NC(=O)[C@@H]3[C@@H]4CCN3C(=O)[C@H](Cc3c[nH]c5ccc(F)cc35)NC(=O)[C@H](Cc3cccc(c3)OC/C=C/CO4)NC(=O)[C@@H](C)NC(=O)[C@H](C)NC(=O)CCSCc3cccc(c3)CSCCNC(=O)[C@]3(C)CCCN3C2=O)cc1. The highest BCUT2D eigenvalue weighted by atomic mass is 32.2. The Hall–Kier alpha value is -8.46. The van der Waals surface area contributed by atoms with Gasteiger partial charge in [0.15, 0.2) is 0 Å². The Balaban J connectivity index is 1.06. The van der Waals surface area contributed by atoms with Crippen LogP contribution in [0.5, 0.6) is 11.5 Å². The Labute approximate surface area is 553 Å². The maximum atomic E-state index is 15.6. The molecule has 9 rings (SSSR count). The molecule has 5 heterocycles. The molecule has 8 bridgehead atoms. The maximum Gasteiger partial charge on any atom is 0.246 e. The van der Waals surface area contributed by atoms with Crippen molar-refractivity contribution in [1.82, 2.24) is 52.0 Å². The van der Waals surface area contributed by atoms with Gasteiger partial charge in [0.1, 0.15) is 71.8 Å². The number of aromatic nitrogens is 1. The molecule has 0 unspecified atom stereocenters. The number of fused-ring (bicyclic) bond motifs is 10. The fourth-order valence-corrected chi connectivity index (χ4v) is 13.8. The second-order valence-electron chi connectivity index (χ2n) is 24.3. The second-order valence-corrected chi connectivity index (χ2v) is 26.5. The molecular formula is C68H83FN10O13S2. The molecule has 26 heteroatoms. The van der Waals surface area contributed by atoms with Crippen molar-refractivity contribution in [1.29, 1.82) is 0 Å². The van der Waals surface area contributed by atoms with Gasteiger partial charge in [0, 0.05) is 85.4 Å². The maximum absolute atomic E-state index is 15.6. The number of carbonyl (C=O) groups excluding carboxylic acids is 9. The van der Waals surface area contributed by atoms with Crippen LogP contribution in [0.1, 0.15) is 81.2 Å². The molecule has 94 heavy (non-hydrogen) atoms. The van der Waals surface area contributed by atoms with Gasteiger partial charge in [-0.05, 0) is 123 Å². The minimum Gasteiger partial charge on any atom is -0.497 e. The molecule has 9 amide bonds. The molecule has 4 aliphatic heterocycles. The van der Waals surface area contributed by atoms with Gasteiger partial charge in [-0.25, -0.2) is 4.39 Å². The topological polar surface area (TPSA) is 308 Å². The van der Waals surface area contributed by atoms with Crippen LogP contribution in [0.3, 0.4) is 0 Å². The number of aromatic amines is 1. The summed E-state index contributed by atoms with van der Waals surface area (Å²) in [4.78, 5) is 137. The molecule has 1 aromatic heterocycles. The van der Waals surface area contributed by atoms with Crippen molar-refractivity contribution >= 4 is 87.6 Å². The van der Waals surface area contributed by atoms with E-state index in [1.807, 2.05) is 18.2 Å². The largest absolute Gasteiger partial charge is 0.497 e. The molecule has 0 spiro atoms. The monoisotopic (exact) mass is 1330 g/mol. The molecule has 5 aromatic rings. The molecule has 0 aliphatic carbocycles. The standard InChI is InChI=1S/C68H83FN10O13S2/c1-40-60(82)73-41(2)61(83)74-53-34-44-11-9-14-50(32-44)91-27-6-7-28-92-56-21-26-78(65(87)55(75-62(53)84)35-47-37-71-52-20-17-48(69)36-51(47)52)59(56)64(86)77-58(42(3)80)63(85)76-54(33-43-15-18-49(90-5)19-16-43)66(88)79-25-10-23-68(79,4)67(89)70-24-30-94-39-46-13-8-12-45(31-46)38-93-29-22-57(81)72-40/h6-9,11-20,31-32,36-37,40-42,53-56,58-59,71,80H,10,21-30,33-35,38-39H2,1-5H3,(H,70,89)(H,72,81)(H,73,82)(H,74,83)(H,75,84)(H,76,85)(H,77,86)/b7-6+/t40-,41+,42+,53-,54-,55-,56-,58-,59-,68-/m0/s1. The van der Waals surface area contributed by atoms with Crippen LogP contribution in [0.2, 0.25) is 0 Å². The molecule has 4 aliphatic rings. The summed E-state index contributed by atoms with van der Waals surface area (Å²) in [5.74, 6) is -3.67. The number of carbonyl (C=O) groups is 9. The van der Waals surface area contributed by atoms with E-state index in [-0.39, 0.29) is 70.2 Å². The molecule has 23 nitrogen and oxygen atoms in total. The number of methoxy groups -OCH3 is 1. The lowest BCUT2D eigenvalue weighted by Gasteiger charge is -2.37. The van der Waals surface area contributed by atoms with Crippen molar-refractivity contribution in [2.45, 2.75) is 144 Å². The van der Waals surface area contributed by atoms with E-state index >= 15 is 23.6 Å². The quantitative estimate of drug-likeness (QED) is 0.110. The van der Waals surface area contributed by atoms with Gasteiger partial charge in [-0.1, -0.05) is 54.6 Å². The average Bonchev–Trinajstić information content (AvgIpc) is 1.61. The fraction of sp³-hybridized carbons (Fsp3) is 0.456. The molecule has 502 valence electrons. The number of rotatable bonds is 6. The van der Waals surface area contributed by atoms with E-state index in [4.69, 9.17) is 14.2 Å². The predicted octanol–water partition coefficient (Wildman–Crippen LogP) is 3.68. The zero-order valence-corrected chi connectivity index (χ0v) is 55.0. The third-order valence-corrected chi connectivity index (χ3v) is 19.3. The van der Waals surface area contributed by atoms with Gasteiger partial charge in [-0.15, -0.1) is 0 Å². The Kier molecular flexibility index (Phi) is 24.2. The number of aliphatic hydroxyl groups excluding tert-OH is 1. The number of nitrogens with zero attached hydrogens (tertiary/aromatic N) is 2. The van der Waals surface area contributed by atoms with E-state index < -0.39 is 107 Å². The van der Waals surface area contributed by atoms with Crippen molar-refractivity contribution in [3.05, 3.63) is 143 Å². The highest BCUT2D eigenvalue weighted by Crippen LogP contribution is 2.32. The summed E-state index contributed by atoms with van der Waals surface area (Å²) < 4.78 is 32.8. The van der Waals surface area contributed by atoms with Crippen LogP contribution in [0.25, 0.3) is 10.9 Å². The first-order valence-corrected chi connectivity index (χ1v) is 34.0. The molecule has 9 N–H and O–H groups in total. The summed E-state index contributed by atoms with van der Waals surface area (Å²) in [6.45, 7) is 6.25. The summed E-state index contributed by atoms with van der Waals surface area (Å²) >= 11 is 3.17. The smallest absolute Gasteiger partial charge is 0.246 e. The van der Waals surface area contributed by atoms with Gasteiger partial charge in [0.25, 0.3) is 0 Å². The number of benzene rings is 4. The number of H-pyrrole nitrogens is 1. The predicted molar refractivity (Wildman–Crippen MR) is 354 cm³/mol. The molecule has 4 aromatic carbocycles. The molecule has 0 saturated carbocycles. The summed E-state index contributed by atoms with van der Waals surface area (Å²) in [5.41, 5.74) is 2.87. The molecule has 0 radical (unpaired) electrons. The summed E-state index contributed by atoms with van der Waals surface area (Å²) in [5, 5.41) is 31.4. The lowest BCUT2D eigenvalue weighted by Crippen LogP contribution is -2.64. The van der Waals surface area contributed by atoms with E-state index in [0.717, 1.165) is 11.1 Å². The van der Waals surface area contributed by atoms with Gasteiger partial charge in [-0.2, -0.15) is 23.5 Å². The number of nitrogens with one attached hydrogen (secondary N) is 8. The Bertz CT molecular complexity index is 3590. The van der Waals surface area contributed by atoms with Gasteiger partial charge in [0.2, 0.25) is 53.2 Å². The molecular weight excluding hydrogens is 1250 g/mol. The Morgan fingerprint density at radius 1 is 0.723 bits per heavy atom. The van der Waals surface area contributed by atoms with Crippen molar-refractivity contribution < 1.29 is 66.9 Å². The minimum atomic E-state index is -1.75.